The molecule has 3 nitrogen and oxygen atoms in total. The lowest BCUT2D eigenvalue weighted by molar-refractivity contribution is 0.0731. The topological polar surface area (TPSA) is 25.2 Å². The van der Waals surface area contributed by atoms with Crippen LogP contribution in [0.1, 0.15) is 21.6 Å². The summed E-state index contributed by atoms with van der Waals surface area (Å²) in [5.41, 5.74) is 4.39. The van der Waals surface area contributed by atoms with Gasteiger partial charge in [0.2, 0.25) is 0 Å². The average molecular weight is 325 g/mol. The number of hydrogen-bond acceptors (Lipinski definition) is 1. The zero-order valence-corrected chi connectivity index (χ0v) is 13.7. The quantitative estimate of drug-likeness (QED) is 0.663. The van der Waals surface area contributed by atoms with Crippen molar-refractivity contribution in [1.82, 2.24) is 9.47 Å². The minimum atomic E-state index is 0.00602. The second-order valence-corrected chi connectivity index (χ2v) is 6.37. The first kappa shape index (κ1) is 14.3. The molecule has 4 heteroatoms. The third-order valence-corrected chi connectivity index (χ3v) is 5.04. The van der Waals surface area contributed by atoms with Crippen LogP contribution in [0.3, 0.4) is 0 Å². The highest BCUT2D eigenvalue weighted by molar-refractivity contribution is 6.33. The van der Waals surface area contributed by atoms with Crippen molar-refractivity contribution in [1.29, 1.82) is 0 Å². The Morgan fingerprint density at radius 2 is 1.83 bits per heavy atom. The maximum Gasteiger partial charge on any atom is 0.255 e. The number of nitrogens with zero attached hydrogens (tertiary/aromatic N) is 2. The van der Waals surface area contributed by atoms with Gasteiger partial charge in [-0.1, -0.05) is 41.9 Å². The summed E-state index contributed by atoms with van der Waals surface area (Å²) in [6, 6.07) is 15.7. The van der Waals surface area contributed by atoms with Crippen molar-refractivity contribution >= 4 is 28.4 Å². The molecular weight excluding hydrogens is 308 g/mol. The van der Waals surface area contributed by atoms with E-state index in [0.717, 1.165) is 13.0 Å². The summed E-state index contributed by atoms with van der Waals surface area (Å²) in [4.78, 5) is 14.7. The summed E-state index contributed by atoms with van der Waals surface area (Å²) in [6.07, 6.45) is 0.882. The SMILES string of the molecule is Cn1c2c(c3ccccc31)CCN(C(=O)c1ccccc1Cl)C2. The number of hydrogen-bond donors (Lipinski definition) is 0. The van der Waals surface area contributed by atoms with Crippen LogP contribution >= 0.6 is 11.6 Å². The summed E-state index contributed by atoms with van der Waals surface area (Å²) in [5.74, 6) is 0.00602. The fourth-order valence-corrected chi connectivity index (χ4v) is 3.71. The van der Waals surface area contributed by atoms with Crippen molar-refractivity contribution in [3.8, 4) is 0 Å². The lowest BCUT2D eigenvalue weighted by atomic mass is 10.0. The van der Waals surface area contributed by atoms with Crippen LogP contribution in [0.2, 0.25) is 5.02 Å². The van der Waals surface area contributed by atoms with Crippen LogP contribution in [0.4, 0.5) is 0 Å². The maximum absolute atomic E-state index is 12.8. The number of benzene rings is 2. The van der Waals surface area contributed by atoms with E-state index < -0.39 is 0 Å². The van der Waals surface area contributed by atoms with Gasteiger partial charge in [0.15, 0.2) is 0 Å². The van der Waals surface area contributed by atoms with E-state index in [9.17, 15) is 4.79 Å². The van der Waals surface area contributed by atoms with Gasteiger partial charge in [0.25, 0.3) is 5.91 Å². The molecule has 0 atom stereocenters. The summed E-state index contributed by atoms with van der Waals surface area (Å²) in [7, 11) is 2.07. The van der Waals surface area contributed by atoms with Gasteiger partial charge in [0.05, 0.1) is 17.1 Å². The van der Waals surface area contributed by atoms with Crippen molar-refractivity contribution < 1.29 is 4.79 Å². The predicted molar refractivity (Wildman–Crippen MR) is 92.8 cm³/mol. The molecule has 0 unspecified atom stereocenters. The standard InChI is InChI=1S/C19H17ClN2O/c1-21-17-9-5-3-6-13(17)14-10-11-22(12-18(14)21)19(23)15-7-2-4-8-16(15)20/h2-9H,10-12H2,1H3. The van der Waals surface area contributed by atoms with Crippen molar-refractivity contribution in [2.45, 2.75) is 13.0 Å². The van der Waals surface area contributed by atoms with Crippen molar-refractivity contribution in [3.05, 3.63) is 70.4 Å². The Balaban J connectivity index is 1.72. The van der Waals surface area contributed by atoms with E-state index in [1.165, 1.54) is 22.2 Å². The first-order chi connectivity index (χ1) is 11.2. The largest absolute Gasteiger partial charge is 0.346 e. The molecule has 1 aliphatic heterocycles. The van der Waals surface area contributed by atoms with Crippen LogP contribution in [-0.2, 0) is 20.0 Å². The van der Waals surface area contributed by atoms with Crippen LogP contribution in [-0.4, -0.2) is 21.9 Å². The summed E-state index contributed by atoms with van der Waals surface area (Å²) >= 11 is 6.18. The first-order valence-electron chi connectivity index (χ1n) is 7.76. The van der Waals surface area contributed by atoms with Gasteiger partial charge in [-0.3, -0.25) is 4.79 Å². The molecule has 0 spiro atoms. The lowest BCUT2D eigenvalue weighted by Gasteiger charge is -2.28. The molecule has 2 heterocycles. The zero-order valence-electron chi connectivity index (χ0n) is 12.9. The van der Waals surface area contributed by atoms with Crippen LogP contribution in [0, 0.1) is 0 Å². The molecule has 0 N–H and O–H groups in total. The third-order valence-electron chi connectivity index (χ3n) is 4.71. The van der Waals surface area contributed by atoms with E-state index in [0.29, 0.717) is 17.1 Å². The first-order valence-corrected chi connectivity index (χ1v) is 8.13. The molecule has 1 aliphatic rings. The Morgan fingerprint density at radius 1 is 1.09 bits per heavy atom. The Kier molecular flexibility index (Phi) is 3.38. The van der Waals surface area contributed by atoms with Gasteiger partial charge in [0, 0.05) is 30.2 Å². The van der Waals surface area contributed by atoms with E-state index in [1.807, 2.05) is 17.0 Å². The van der Waals surface area contributed by atoms with Gasteiger partial charge in [0.1, 0.15) is 0 Å². The normalized spacial score (nSPS) is 14.1. The molecule has 0 aliphatic carbocycles. The Labute approximate surface area is 140 Å². The molecule has 0 saturated heterocycles. The Morgan fingerprint density at radius 3 is 2.65 bits per heavy atom. The predicted octanol–water partition coefficient (Wildman–Crippen LogP) is 4.03. The molecule has 0 fully saturated rings. The average Bonchev–Trinajstić information content (AvgIpc) is 2.88. The lowest BCUT2D eigenvalue weighted by Crippen LogP contribution is -2.36. The summed E-state index contributed by atoms with van der Waals surface area (Å²) in [5, 5.41) is 1.81. The van der Waals surface area contributed by atoms with Gasteiger partial charge >= 0.3 is 0 Å². The molecule has 3 aromatic rings. The van der Waals surface area contributed by atoms with Crippen LogP contribution in [0.5, 0.6) is 0 Å². The number of carbonyl (C=O) groups excluding carboxylic acids is 1. The minimum Gasteiger partial charge on any atom is -0.346 e. The Bertz CT molecular complexity index is 913. The van der Waals surface area contributed by atoms with Gasteiger partial charge in [-0.25, -0.2) is 0 Å². The molecular formula is C19H17ClN2O. The van der Waals surface area contributed by atoms with E-state index in [1.54, 1.807) is 12.1 Å². The van der Waals surface area contributed by atoms with E-state index in [-0.39, 0.29) is 5.91 Å². The van der Waals surface area contributed by atoms with Crippen molar-refractivity contribution in [3.63, 3.8) is 0 Å². The van der Waals surface area contributed by atoms with Crippen LogP contribution in [0.15, 0.2) is 48.5 Å². The molecule has 116 valence electrons. The second kappa shape index (κ2) is 5.43. The van der Waals surface area contributed by atoms with E-state index >= 15 is 0 Å². The number of aromatic nitrogens is 1. The molecule has 0 saturated carbocycles. The van der Waals surface area contributed by atoms with Crippen LogP contribution < -0.4 is 0 Å². The number of carbonyl (C=O) groups is 1. The number of rotatable bonds is 1. The van der Waals surface area contributed by atoms with Gasteiger partial charge in [-0.05, 0) is 30.2 Å². The molecule has 1 aromatic heterocycles. The van der Waals surface area contributed by atoms with E-state index in [2.05, 4.69) is 35.9 Å². The van der Waals surface area contributed by atoms with Gasteiger partial charge < -0.3 is 9.47 Å². The van der Waals surface area contributed by atoms with Crippen molar-refractivity contribution in [2.75, 3.05) is 6.54 Å². The molecule has 0 bridgehead atoms. The smallest absolute Gasteiger partial charge is 0.255 e. The number of amides is 1. The summed E-state index contributed by atoms with van der Waals surface area (Å²) in [6.45, 7) is 1.36. The molecule has 4 rings (SSSR count). The van der Waals surface area contributed by atoms with Gasteiger partial charge in [-0.15, -0.1) is 0 Å². The second-order valence-electron chi connectivity index (χ2n) is 5.96. The molecule has 23 heavy (non-hydrogen) atoms. The van der Waals surface area contributed by atoms with Gasteiger partial charge in [-0.2, -0.15) is 0 Å². The molecule has 1 amide bonds. The van der Waals surface area contributed by atoms with Crippen molar-refractivity contribution in [2.24, 2.45) is 7.05 Å². The fraction of sp³-hybridized carbons (Fsp3) is 0.211. The number of halogens is 1. The fourth-order valence-electron chi connectivity index (χ4n) is 3.49. The monoisotopic (exact) mass is 324 g/mol. The number of fused-ring (bicyclic) bond motifs is 3. The van der Waals surface area contributed by atoms with E-state index in [4.69, 9.17) is 11.6 Å². The highest BCUT2D eigenvalue weighted by Crippen LogP contribution is 2.31. The number of aryl methyl sites for hydroxylation is 1. The number of para-hydroxylation sites is 1. The molecule has 0 radical (unpaired) electrons. The summed E-state index contributed by atoms with van der Waals surface area (Å²) < 4.78 is 2.21. The zero-order chi connectivity index (χ0) is 16.0. The Hall–Kier alpha value is -2.26. The highest BCUT2D eigenvalue weighted by atomic mass is 35.5. The minimum absolute atomic E-state index is 0.00602. The third kappa shape index (κ3) is 2.23. The molecule has 2 aromatic carbocycles. The maximum atomic E-state index is 12.8. The van der Waals surface area contributed by atoms with Crippen LogP contribution in [0.25, 0.3) is 10.9 Å². The highest BCUT2D eigenvalue weighted by Gasteiger charge is 2.26.